The van der Waals surface area contributed by atoms with Gasteiger partial charge >= 0.3 is 0 Å². The lowest BCUT2D eigenvalue weighted by atomic mass is 10.0. The fourth-order valence-electron chi connectivity index (χ4n) is 2.24. The summed E-state index contributed by atoms with van der Waals surface area (Å²) in [6.45, 7) is 7.34. The molecule has 1 rings (SSSR count). The molecule has 0 bridgehead atoms. The van der Waals surface area contributed by atoms with Crippen LogP contribution in [0, 0.1) is 0 Å². The molecule has 0 radical (unpaired) electrons. The van der Waals surface area contributed by atoms with Crippen molar-refractivity contribution in [2.24, 2.45) is 0 Å². The molecule has 1 aromatic heterocycles. The van der Waals surface area contributed by atoms with E-state index in [-0.39, 0.29) is 0 Å². The molecular formula is C14H26ClN3. The molecule has 3 nitrogen and oxygen atoms in total. The molecular weight excluding hydrogens is 246 g/mol. The molecule has 1 atom stereocenters. The summed E-state index contributed by atoms with van der Waals surface area (Å²) < 4.78 is 2.05. The van der Waals surface area contributed by atoms with E-state index in [1.54, 1.807) is 0 Å². The number of unbranched alkanes of at least 4 members (excludes halogenated alkanes) is 1. The summed E-state index contributed by atoms with van der Waals surface area (Å²) in [7, 11) is 2.03. The number of likely N-dealkylation sites (N-methyl/N-ethyl adjacent to an activating group) is 1. The maximum atomic E-state index is 6.43. The van der Waals surface area contributed by atoms with E-state index < -0.39 is 0 Å². The molecule has 0 aliphatic carbocycles. The predicted octanol–water partition coefficient (Wildman–Crippen LogP) is 3.44. The summed E-state index contributed by atoms with van der Waals surface area (Å²) in [6.07, 6.45) is 5.55. The minimum Gasteiger partial charge on any atom is -0.317 e. The number of hydrogen-bond donors (Lipinski definition) is 1. The Hall–Kier alpha value is -0.540. The summed E-state index contributed by atoms with van der Waals surface area (Å²) >= 11 is 6.43. The minimum atomic E-state index is 0.495. The van der Waals surface area contributed by atoms with Crippen molar-refractivity contribution >= 4 is 11.6 Å². The molecule has 0 saturated heterocycles. The number of hydrogen-bond acceptors (Lipinski definition) is 2. The number of halogens is 1. The van der Waals surface area contributed by atoms with Crippen molar-refractivity contribution in [1.82, 2.24) is 15.1 Å². The van der Waals surface area contributed by atoms with Crippen LogP contribution in [0.25, 0.3) is 0 Å². The van der Waals surface area contributed by atoms with Crippen LogP contribution < -0.4 is 5.32 Å². The van der Waals surface area contributed by atoms with Gasteiger partial charge in [-0.2, -0.15) is 5.10 Å². The Morgan fingerprint density at radius 2 is 2.06 bits per heavy atom. The van der Waals surface area contributed by atoms with Crippen molar-refractivity contribution in [3.63, 3.8) is 0 Å². The zero-order chi connectivity index (χ0) is 13.5. The summed E-state index contributed by atoms with van der Waals surface area (Å²) in [5.74, 6) is 0. The molecule has 18 heavy (non-hydrogen) atoms. The molecule has 0 fully saturated rings. The van der Waals surface area contributed by atoms with E-state index >= 15 is 0 Å². The number of nitrogens with zero attached hydrogens (tertiary/aromatic N) is 2. The maximum Gasteiger partial charge on any atom is 0.0850 e. The van der Waals surface area contributed by atoms with Gasteiger partial charge in [0.2, 0.25) is 0 Å². The van der Waals surface area contributed by atoms with E-state index in [0.717, 1.165) is 30.1 Å². The number of rotatable bonds is 8. The van der Waals surface area contributed by atoms with Crippen molar-refractivity contribution in [2.75, 3.05) is 7.05 Å². The average molecular weight is 272 g/mol. The molecule has 0 aliphatic heterocycles. The summed E-state index contributed by atoms with van der Waals surface area (Å²) in [5.41, 5.74) is 2.21. The second-order valence-corrected chi connectivity index (χ2v) is 5.09. The summed E-state index contributed by atoms with van der Waals surface area (Å²) in [6, 6.07) is 0.495. The summed E-state index contributed by atoms with van der Waals surface area (Å²) in [5, 5.41) is 8.83. The van der Waals surface area contributed by atoms with Crippen molar-refractivity contribution in [2.45, 2.75) is 65.5 Å². The van der Waals surface area contributed by atoms with Gasteiger partial charge in [-0.25, -0.2) is 0 Å². The molecule has 1 heterocycles. The zero-order valence-corrected chi connectivity index (χ0v) is 12.8. The fraction of sp³-hybridized carbons (Fsp3) is 0.786. The highest BCUT2D eigenvalue weighted by Gasteiger charge is 2.17. The van der Waals surface area contributed by atoms with Crippen LogP contribution in [-0.2, 0) is 19.4 Å². The van der Waals surface area contributed by atoms with Crippen molar-refractivity contribution < 1.29 is 0 Å². The van der Waals surface area contributed by atoms with E-state index in [4.69, 9.17) is 11.6 Å². The van der Waals surface area contributed by atoms with Crippen LogP contribution in [0.3, 0.4) is 0 Å². The van der Waals surface area contributed by atoms with E-state index in [1.807, 2.05) is 7.05 Å². The van der Waals surface area contributed by atoms with E-state index in [1.165, 1.54) is 25.0 Å². The maximum absolute atomic E-state index is 6.43. The van der Waals surface area contributed by atoms with Crippen LogP contribution in [0.4, 0.5) is 0 Å². The minimum absolute atomic E-state index is 0.495. The zero-order valence-electron chi connectivity index (χ0n) is 12.1. The Bertz CT molecular complexity index is 360. The lowest BCUT2D eigenvalue weighted by molar-refractivity contribution is 0.478. The molecule has 0 aliphatic rings. The first-order chi connectivity index (χ1) is 8.67. The van der Waals surface area contributed by atoms with Gasteiger partial charge in [0.1, 0.15) is 0 Å². The molecule has 104 valence electrons. The van der Waals surface area contributed by atoms with Gasteiger partial charge in [-0.05, 0) is 26.8 Å². The predicted molar refractivity (Wildman–Crippen MR) is 78.4 cm³/mol. The Morgan fingerprint density at radius 3 is 2.56 bits per heavy atom. The third kappa shape index (κ3) is 3.72. The largest absolute Gasteiger partial charge is 0.317 e. The lowest BCUT2D eigenvalue weighted by Crippen LogP contribution is -2.28. The quantitative estimate of drug-likeness (QED) is 0.785. The standard InChI is InChI=1S/C14H26ClN3/c1-5-8-9-11(16-4)10-13-14(15)12(6-2)17-18(13)7-3/h11,16H,5-10H2,1-4H3. The Labute approximate surface area is 116 Å². The van der Waals surface area contributed by atoms with Crippen molar-refractivity contribution in [3.8, 4) is 0 Å². The van der Waals surface area contributed by atoms with Crippen molar-refractivity contribution in [1.29, 1.82) is 0 Å². The van der Waals surface area contributed by atoms with Crippen LogP contribution >= 0.6 is 11.6 Å². The van der Waals surface area contributed by atoms with Crippen LogP contribution in [-0.4, -0.2) is 22.9 Å². The Morgan fingerprint density at radius 1 is 1.33 bits per heavy atom. The van der Waals surface area contributed by atoms with Crippen LogP contribution in [0.2, 0.25) is 5.02 Å². The molecule has 0 saturated carbocycles. The molecule has 1 N–H and O–H groups in total. The van der Waals surface area contributed by atoms with E-state index in [0.29, 0.717) is 6.04 Å². The lowest BCUT2D eigenvalue weighted by Gasteiger charge is -2.16. The van der Waals surface area contributed by atoms with Gasteiger partial charge in [0.05, 0.1) is 16.4 Å². The first kappa shape index (κ1) is 15.5. The molecule has 4 heteroatoms. The SMILES string of the molecule is CCCCC(Cc1c(Cl)c(CC)nn1CC)NC. The third-order valence-corrected chi connectivity index (χ3v) is 3.88. The van der Waals surface area contributed by atoms with Gasteiger partial charge in [0.25, 0.3) is 0 Å². The monoisotopic (exact) mass is 271 g/mol. The Kier molecular flexibility index (Phi) is 6.72. The van der Waals surface area contributed by atoms with Gasteiger partial charge < -0.3 is 5.32 Å². The van der Waals surface area contributed by atoms with Crippen molar-refractivity contribution in [3.05, 3.63) is 16.4 Å². The molecule has 1 aromatic rings. The molecule has 0 amide bonds. The van der Waals surface area contributed by atoms with Crippen LogP contribution in [0.5, 0.6) is 0 Å². The van der Waals surface area contributed by atoms with Gasteiger partial charge in [-0.1, -0.05) is 38.3 Å². The average Bonchev–Trinajstić information content (AvgIpc) is 2.70. The second-order valence-electron chi connectivity index (χ2n) is 4.71. The van der Waals surface area contributed by atoms with Gasteiger partial charge in [0, 0.05) is 19.0 Å². The van der Waals surface area contributed by atoms with E-state index in [9.17, 15) is 0 Å². The van der Waals surface area contributed by atoms with Crippen LogP contribution in [0.1, 0.15) is 51.4 Å². The first-order valence-corrected chi connectivity index (χ1v) is 7.46. The van der Waals surface area contributed by atoms with Crippen LogP contribution in [0.15, 0.2) is 0 Å². The highest BCUT2D eigenvalue weighted by Crippen LogP contribution is 2.23. The highest BCUT2D eigenvalue weighted by molar-refractivity contribution is 6.31. The third-order valence-electron chi connectivity index (χ3n) is 3.45. The fourth-order valence-corrected chi connectivity index (χ4v) is 2.59. The number of aryl methyl sites for hydroxylation is 2. The molecule has 0 aromatic carbocycles. The first-order valence-electron chi connectivity index (χ1n) is 7.09. The van der Waals surface area contributed by atoms with Gasteiger partial charge in [-0.3, -0.25) is 4.68 Å². The van der Waals surface area contributed by atoms with Gasteiger partial charge in [-0.15, -0.1) is 0 Å². The molecule has 0 spiro atoms. The Balaban J connectivity index is 2.83. The number of nitrogens with one attached hydrogen (secondary N) is 1. The smallest absolute Gasteiger partial charge is 0.0850 e. The van der Waals surface area contributed by atoms with E-state index in [2.05, 4.69) is 35.9 Å². The molecule has 1 unspecified atom stereocenters. The van der Waals surface area contributed by atoms with Gasteiger partial charge in [0.15, 0.2) is 0 Å². The topological polar surface area (TPSA) is 29.9 Å². The normalized spacial score (nSPS) is 12.9. The summed E-state index contributed by atoms with van der Waals surface area (Å²) in [4.78, 5) is 0. The number of aromatic nitrogens is 2. The second kappa shape index (κ2) is 7.80. The highest BCUT2D eigenvalue weighted by atomic mass is 35.5.